The average Bonchev–Trinajstić information content (AvgIpc) is 2.93. The highest BCUT2D eigenvalue weighted by molar-refractivity contribution is 7.13. The van der Waals surface area contributed by atoms with Crippen LogP contribution in [0, 0.1) is 6.92 Å². The van der Waals surface area contributed by atoms with E-state index in [1.807, 2.05) is 0 Å². The summed E-state index contributed by atoms with van der Waals surface area (Å²) in [4.78, 5) is 26.2. The molecule has 132 valence electrons. The van der Waals surface area contributed by atoms with E-state index in [2.05, 4.69) is 4.37 Å². The van der Waals surface area contributed by atoms with Crippen molar-refractivity contribution in [2.75, 3.05) is 0 Å². The minimum atomic E-state index is -4.83. The van der Waals surface area contributed by atoms with Crippen molar-refractivity contribution in [2.24, 2.45) is 0 Å². The minimum absolute atomic E-state index is 0.0951. The molecule has 1 atom stereocenters. The van der Waals surface area contributed by atoms with Gasteiger partial charge in [-0.25, -0.2) is 9.36 Å². The van der Waals surface area contributed by atoms with Gasteiger partial charge in [-0.05, 0) is 43.6 Å². The second-order valence-electron chi connectivity index (χ2n) is 5.49. The van der Waals surface area contributed by atoms with Gasteiger partial charge in [0.1, 0.15) is 5.69 Å². The monoisotopic (exact) mass is 371 g/mol. The lowest BCUT2D eigenvalue weighted by molar-refractivity contribution is -0.142. The molecule has 2 heterocycles. The van der Waals surface area contributed by atoms with Crippen molar-refractivity contribution < 1.29 is 18.3 Å². The van der Waals surface area contributed by atoms with Crippen molar-refractivity contribution >= 4 is 21.6 Å². The molecule has 2 aromatic heterocycles. The molecule has 0 aliphatic heterocycles. The van der Waals surface area contributed by atoms with Crippen molar-refractivity contribution in [3.63, 3.8) is 0 Å². The molecule has 0 aliphatic carbocycles. The highest BCUT2D eigenvalue weighted by Crippen LogP contribution is 2.30. The average molecular weight is 371 g/mol. The van der Waals surface area contributed by atoms with Crippen LogP contribution in [-0.4, -0.2) is 19.0 Å². The molecular weight excluding hydrogens is 359 g/mol. The second-order valence-corrected chi connectivity index (χ2v) is 6.30. The number of aliphatic hydroxyl groups excluding tert-OH is 1. The number of rotatable bonds is 2. The molecule has 0 saturated carbocycles. The van der Waals surface area contributed by atoms with Gasteiger partial charge >= 0.3 is 11.9 Å². The SMILES string of the molecule is Cc1c(C(F)(F)F)[nH]c(=O)n(-c2ccc3snc(C(C)O)c3c2)c1=O. The minimum Gasteiger partial charge on any atom is -0.387 e. The van der Waals surface area contributed by atoms with Gasteiger partial charge in [-0.3, -0.25) is 4.79 Å². The number of nitrogens with one attached hydrogen (secondary N) is 1. The molecule has 0 bridgehead atoms. The number of nitrogens with zero attached hydrogens (tertiary/aromatic N) is 2. The van der Waals surface area contributed by atoms with Gasteiger partial charge in [0.15, 0.2) is 0 Å². The summed E-state index contributed by atoms with van der Waals surface area (Å²) >= 11 is 1.13. The second kappa shape index (κ2) is 5.81. The number of fused-ring (bicyclic) bond motifs is 1. The van der Waals surface area contributed by atoms with Crippen LogP contribution < -0.4 is 11.2 Å². The van der Waals surface area contributed by atoms with Crippen LogP contribution in [0.25, 0.3) is 15.8 Å². The molecule has 25 heavy (non-hydrogen) atoms. The summed E-state index contributed by atoms with van der Waals surface area (Å²) in [5, 5.41) is 10.3. The molecule has 0 amide bonds. The fourth-order valence-corrected chi connectivity index (χ4v) is 3.37. The van der Waals surface area contributed by atoms with Crippen LogP contribution in [0.4, 0.5) is 13.2 Å². The van der Waals surface area contributed by atoms with Gasteiger partial charge in [0.2, 0.25) is 0 Å². The predicted molar refractivity (Wildman–Crippen MR) is 86.2 cm³/mol. The van der Waals surface area contributed by atoms with Crippen molar-refractivity contribution in [3.8, 4) is 5.69 Å². The number of alkyl halides is 3. The molecule has 0 aliphatic rings. The van der Waals surface area contributed by atoms with E-state index >= 15 is 0 Å². The molecule has 0 saturated heterocycles. The van der Waals surface area contributed by atoms with Crippen molar-refractivity contribution in [3.05, 3.63) is 56.0 Å². The molecule has 1 unspecified atom stereocenters. The summed E-state index contributed by atoms with van der Waals surface area (Å²) in [6, 6.07) is 4.48. The normalized spacial score (nSPS) is 13.4. The molecule has 0 spiro atoms. The molecule has 3 aromatic rings. The van der Waals surface area contributed by atoms with Crippen molar-refractivity contribution in [2.45, 2.75) is 26.1 Å². The number of hydrogen-bond acceptors (Lipinski definition) is 5. The summed E-state index contributed by atoms with van der Waals surface area (Å²) in [7, 11) is 0. The van der Waals surface area contributed by atoms with E-state index in [4.69, 9.17) is 0 Å². The first-order valence-corrected chi connectivity index (χ1v) is 7.89. The maximum absolute atomic E-state index is 12.9. The Morgan fingerprint density at radius 3 is 2.60 bits per heavy atom. The lowest BCUT2D eigenvalue weighted by Crippen LogP contribution is -2.38. The van der Waals surface area contributed by atoms with Gasteiger partial charge in [0, 0.05) is 10.9 Å². The Kier molecular flexibility index (Phi) is 4.04. The van der Waals surface area contributed by atoms with Gasteiger partial charge in [-0.2, -0.15) is 17.5 Å². The Labute approximate surface area is 142 Å². The van der Waals surface area contributed by atoms with E-state index in [1.54, 1.807) is 11.1 Å². The maximum Gasteiger partial charge on any atom is 0.431 e. The van der Waals surface area contributed by atoms with Gasteiger partial charge < -0.3 is 10.1 Å². The van der Waals surface area contributed by atoms with Crippen molar-refractivity contribution in [1.82, 2.24) is 13.9 Å². The zero-order valence-electron chi connectivity index (χ0n) is 13.0. The first-order valence-electron chi connectivity index (χ1n) is 7.12. The zero-order chi connectivity index (χ0) is 18.5. The Bertz CT molecular complexity index is 1080. The molecule has 3 rings (SSSR count). The van der Waals surface area contributed by atoms with Crippen LogP contribution in [0.5, 0.6) is 0 Å². The van der Waals surface area contributed by atoms with Gasteiger partial charge in [0.25, 0.3) is 5.56 Å². The van der Waals surface area contributed by atoms with Crippen LogP contribution >= 0.6 is 11.5 Å². The first-order chi connectivity index (χ1) is 11.6. The Hall–Kier alpha value is -2.46. The third-order valence-corrected chi connectivity index (χ3v) is 4.59. The highest BCUT2D eigenvalue weighted by atomic mass is 32.1. The van der Waals surface area contributed by atoms with Crippen LogP contribution in [-0.2, 0) is 6.18 Å². The first kappa shape index (κ1) is 17.4. The van der Waals surface area contributed by atoms with Crippen molar-refractivity contribution in [1.29, 1.82) is 0 Å². The van der Waals surface area contributed by atoms with Crippen LogP contribution in [0.1, 0.15) is 30.0 Å². The summed E-state index contributed by atoms with van der Waals surface area (Å²) in [6.45, 7) is 2.52. The third kappa shape index (κ3) is 2.87. The molecular formula is C15H12F3N3O3S. The van der Waals surface area contributed by atoms with E-state index < -0.39 is 34.8 Å². The summed E-state index contributed by atoms with van der Waals surface area (Å²) in [5.74, 6) is 0. The largest absolute Gasteiger partial charge is 0.431 e. The van der Waals surface area contributed by atoms with Gasteiger partial charge in [0.05, 0.1) is 22.2 Å². The molecule has 10 heteroatoms. The quantitative estimate of drug-likeness (QED) is 0.725. The van der Waals surface area contributed by atoms with Gasteiger partial charge in [-0.1, -0.05) is 0 Å². The van der Waals surface area contributed by atoms with E-state index in [1.165, 1.54) is 19.1 Å². The Morgan fingerprint density at radius 2 is 2.00 bits per heavy atom. The fraction of sp³-hybridized carbons (Fsp3) is 0.267. The lowest BCUT2D eigenvalue weighted by atomic mass is 10.1. The Morgan fingerprint density at radius 1 is 1.32 bits per heavy atom. The Balaban J connectivity index is 2.29. The van der Waals surface area contributed by atoms with Crippen LogP contribution in [0.2, 0.25) is 0 Å². The van der Waals surface area contributed by atoms with E-state index in [9.17, 15) is 27.9 Å². The number of H-pyrrole nitrogens is 1. The van der Waals surface area contributed by atoms with E-state index in [0.29, 0.717) is 20.3 Å². The molecule has 0 radical (unpaired) electrons. The fourth-order valence-electron chi connectivity index (χ4n) is 2.53. The summed E-state index contributed by atoms with van der Waals surface area (Å²) < 4.78 is 44.2. The highest BCUT2D eigenvalue weighted by Gasteiger charge is 2.35. The van der Waals surface area contributed by atoms with Crippen LogP contribution in [0.3, 0.4) is 0 Å². The topological polar surface area (TPSA) is 88.0 Å². The number of hydrogen-bond donors (Lipinski definition) is 2. The number of aromatic amines is 1. The lowest BCUT2D eigenvalue weighted by Gasteiger charge is -2.12. The molecule has 2 N–H and O–H groups in total. The zero-order valence-corrected chi connectivity index (χ0v) is 13.8. The number of benzene rings is 1. The molecule has 0 fully saturated rings. The third-order valence-electron chi connectivity index (χ3n) is 3.75. The smallest absolute Gasteiger partial charge is 0.387 e. The standard InChI is InChI=1S/C15H12F3N3O3S/c1-6-12(15(16,17)18)19-14(24)21(13(6)23)8-3-4-10-9(5-8)11(7(2)22)20-25-10/h3-5,7,22H,1-2H3,(H,19,24). The number of aromatic nitrogens is 3. The van der Waals surface area contributed by atoms with E-state index in [-0.39, 0.29) is 5.69 Å². The number of aliphatic hydroxyl groups is 1. The molecule has 6 nitrogen and oxygen atoms in total. The van der Waals surface area contributed by atoms with E-state index in [0.717, 1.165) is 18.5 Å². The van der Waals surface area contributed by atoms with Gasteiger partial charge in [-0.15, -0.1) is 0 Å². The summed E-state index contributed by atoms with van der Waals surface area (Å²) in [6.07, 6.45) is -5.70. The summed E-state index contributed by atoms with van der Waals surface area (Å²) in [5.41, 5.74) is -3.75. The molecule has 1 aromatic carbocycles. The predicted octanol–water partition coefficient (Wildman–Crippen LogP) is 2.52. The maximum atomic E-state index is 12.9. The number of halogens is 3. The van der Waals surface area contributed by atoms with Crippen LogP contribution in [0.15, 0.2) is 27.8 Å².